The third-order valence-corrected chi connectivity index (χ3v) is 8.88. The van der Waals surface area contributed by atoms with Crippen molar-refractivity contribution in [1.82, 2.24) is 19.7 Å². The number of esters is 1. The standard InChI is InChI=1S/C22H32N6O5S2/c1-4-33-20(30)11-17-13-34-22(23-17)24-19(29)12-26-6-8-27(9-7-26)21-15(2)25-28(16(21)3)18-5-10-35(31,32)14-18/h13,18H,4-12,14H2,1-3H3,(H,23,24,29). The number of carbonyl (C=O) groups is 2. The van der Waals surface area contributed by atoms with Gasteiger partial charge in [0, 0.05) is 31.6 Å². The number of ether oxygens (including phenoxy) is 1. The fourth-order valence-corrected chi connectivity index (χ4v) is 7.15. The number of amides is 1. The largest absolute Gasteiger partial charge is 0.466 e. The lowest BCUT2D eigenvalue weighted by Gasteiger charge is -2.35. The van der Waals surface area contributed by atoms with Crippen molar-refractivity contribution in [3.8, 4) is 0 Å². The number of hydrogen-bond donors (Lipinski definition) is 1. The van der Waals surface area contributed by atoms with Crippen LogP contribution >= 0.6 is 11.3 Å². The van der Waals surface area contributed by atoms with E-state index in [1.807, 2.05) is 18.5 Å². The van der Waals surface area contributed by atoms with E-state index in [-0.39, 0.29) is 42.4 Å². The van der Waals surface area contributed by atoms with Crippen LogP contribution < -0.4 is 10.2 Å². The zero-order chi connectivity index (χ0) is 25.2. The van der Waals surface area contributed by atoms with E-state index in [1.54, 1.807) is 12.3 Å². The number of thiazole rings is 1. The summed E-state index contributed by atoms with van der Waals surface area (Å²) in [5.41, 5.74) is 3.55. The number of sulfone groups is 1. The maximum atomic E-state index is 12.5. The molecule has 4 heterocycles. The predicted octanol–water partition coefficient (Wildman–Crippen LogP) is 1.18. The molecule has 4 rings (SSSR count). The molecular formula is C22H32N6O5S2. The first-order valence-corrected chi connectivity index (χ1v) is 14.5. The molecule has 0 aliphatic carbocycles. The van der Waals surface area contributed by atoms with Crippen LogP contribution in [0.3, 0.4) is 0 Å². The molecule has 1 N–H and O–H groups in total. The number of rotatable bonds is 8. The summed E-state index contributed by atoms with van der Waals surface area (Å²) in [6, 6.07) is -0.0962. The number of carbonyl (C=O) groups excluding carboxylic acids is 2. The number of aryl methyl sites for hydroxylation is 1. The Balaban J connectivity index is 1.28. The lowest BCUT2D eigenvalue weighted by molar-refractivity contribution is -0.142. The Morgan fingerprint density at radius 2 is 1.97 bits per heavy atom. The molecule has 0 bridgehead atoms. The van der Waals surface area contributed by atoms with Gasteiger partial charge in [-0.25, -0.2) is 13.4 Å². The molecular weight excluding hydrogens is 492 g/mol. The summed E-state index contributed by atoms with van der Waals surface area (Å²) in [6.07, 6.45) is 0.699. The van der Waals surface area contributed by atoms with Crippen molar-refractivity contribution in [2.24, 2.45) is 0 Å². The van der Waals surface area contributed by atoms with Crippen LogP contribution in [0.1, 0.15) is 36.5 Å². The Morgan fingerprint density at radius 3 is 2.63 bits per heavy atom. The fourth-order valence-electron chi connectivity index (χ4n) is 4.73. The predicted molar refractivity (Wildman–Crippen MR) is 134 cm³/mol. The Labute approximate surface area is 209 Å². The molecule has 2 aromatic rings. The van der Waals surface area contributed by atoms with E-state index in [0.29, 0.717) is 23.9 Å². The number of aromatic nitrogens is 3. The normalized spacial score (nSPS) is 20.2. The topological polar surface area (TPSA) is 127 Å². The SMILES string of the molecule is CCOC(=O)Cc1csc(NC(=O)CN2CCN(c3c(C)nn(C4CCS(=O)(=O)C4)c3C)CC2)n1. The molecule has 1 atom stereocenters. The molecule has 0 saturated carbocycles. The average Bonchev–Trinajstić information content (AvgIpc) is 3.46. The van der Waals surface area contributed by atoms with Gasteiger partial charge in [-0.3, -0.25) is 19.2 Å². The fraction of sp³-hybridized carbons (Fsp3) is 0.636. The molecule has 2 aromatic heterocycles. The van der Waals surface area contributed by atoms with E-state index in [4.69, 9.17) is 4.74 Å². The van der Waals surface area contributed by atoms with Gasteiger partial charge in [0.25, 0.3) is 0 Å². The number of piperazine rings is 1. The second kappa shape index (κ2) is 10.6. The van der Waals surface area contributed by atoms with Crippen LogP contribution in [0.25, 0.3) is 0 Å². The van der Waals surface area contributed by atoms with Gasteiger partial charge >= 0.3 is 5.97 Å². The molecule has 13 heteroatoms. The number of nitrogens with one attached hydrogen (secondary N) is 1. The molecule has 0 spiro atoms. The summed E-state index contributed by atoms with van der Waals surface area (Å²) < 4.78 is 30.6. The van der Waals surface area contributed by atoms with E-state index in [2.05, 4.69) is 25.2 Å². The summed E-state index contributed by atoms with van der Waals surface area (Å²) in [5.74, 6) is -0.100. The minimum absolute atomic E-state index is 0.0914. The number of nitrogens with zero attached hydrogens (tertiary/aromatic N) is 5. The first-order chi connectivity index (χ1) is 16.6. The highest BCUT2D eigenvalue weighted by molar-refractivity contribution is 7.91. The van der Waals surface area contributed by atoms with Crippen LogP contribution in [0.15, 0.2) is 5.38 Å². The van der Waals surface area contributed by atoms with Gasteiger partial charge in [-0.15, -0.1) is 11.3 Å². The van der Waals surface area contributed by atoms with E-state index in [9.17, 15) is 18.0 Å². The lowest BCUT2D eigenvalue weighted by atomic mass is 10.2. The molecule has 35 heavy (non-hydrogen) atoms. The highest BCUT2D eigenvalue weighted by Crippen LogP contribution is 2.31. The van der Waals surface area contributed by atoms with Gasteiger partial charge in [-0.2, -0.15) is 5.10 Å². The minimum atomic E-state index is -2.98. The molecule has 2 aliphatic rings. The lowest BCUT2D eigenvalue weighted by Crippen LogP contribution is -2.49. The van der Waals surface area contributed by atoms with Crippen LogP contribution in [-0.4, -0.2) is 90.8 Å². The van der Waals surface area contributed by atoms with Gasteiger partial charge < -0.3 is 15.0 Å². The molecule has 2 aliphatic heterocycles. The van der Waals surface area contributed by atoms with Crippen molar-refractivity contribution in [2.45, 2.75) is 39.7 Å². The summed E-state index contributed by atoms with van der Waals surface area (Å²) >= 11 is 1.29. The Kier molecular flexibility index (Phi) is 7.77. The molecule has 2 fully saturated rings. The second-order valence-electron chi connectivity index (χ2n) is 8.96. The molecule has 1 unspecified atom stereocenters. The molecule has 11 nitrogen and oxygen atoms in total. The average molecular weight is 525 g/mol. The second-order valence-corrected chi connectivity index (χ2v) is 12.0. The maximum Gasteiger partial charge on any atom is 0.311 e. The van der Waals surface area contributed by atoms with Gasteiger partial charge in [0.1, 0.15) is 0 Å². The van der Waals surface area contributed by atoms with Crippen LogP contribution in [0.4, 0.5) is 10.8 Å². The highest BCUT2D eigenvalue weighted by Gasteiger charge is 2.33. The summed E-state index contributed by atoms with van der Waals surface area (Å²) in [5, 5.41) is 9.71. The smallest absolute Gasteiger partial charge is 0.311 e. The van der Waals surface area contributed by atoms with Crippen molar-refractivity contribution in [1.29, 1.82) is 0 Å². The van der Waals surface area contributed by atoms with E-state index in [0.717, 1.165) is 43.3 Å². The van der Waals surface area contributed by atoms with Crippen molar-refractivity contribution >= 4 is 43.9 Å². The van der Waals surface area contributed by atoms with Crippen LogP contribution in [0.2, 0.25) is 0 Å². The van der Waals surface area contributed by atoms with Crippen molar-refractivity contribution in [3.05, 3.63) is 22.5 Å². The van der Waals surface area contributed by atoms with Gasteiger partial charge in [0.15, 0.2) is 15.0 Å². The summed E-state index contributed by atoms with van der Waals surface area (Å²) in [7, 11) is -2.98. The van der Waals surface area contributed by atoms with E-state index in [1.165, 1.54) is 11.3 Å². The summed E-state index contributed by atoms with van der Waals surface area (Å²) in [6.45, 7) is 9.27. The number of hydrogen-bond acceptors (Lipinski definition) is 10. The maximum absolute atomic E-state index is 12.5. The Morgan fingerprint density at radius 1 is 1.23 bits per heavy atom. The van der Waals surface area contributed by atoms with Gasteiger partial charge in [-0.1, -0.05) is 0 Å². The molecule has 1 amide bonds. The zero-order valence-corrected chi connectivity index (χ0v) is 22.0. The van der Waals surface area contributed by atoms with Gasteiger partial charge in [-0.05, 0) is 27.2 Å². The molecule has 2 saturated heterocycles. The number of anilines is 2. The van der Waals surface area contributed by atoms with Crippen molar-refractivity contribution < 1.29 is 22.7 Å². The third-order valence-electron chi connectivity index (χ3n) is 6.33. The van der Waals surface area contributed by atoms with Gasteiger partial charge in [0.05, 0.1) is 59.9 Å². The third kappa shape index (κ3) is 6.19. The Bertz CT molecular complexity index is 1180. The minimum Gasteiger partial charge on any atom is -0.466 e. The van der Waals surface area contributed by atoms with Crippen molar-refractivity contribution in [3.63, 3.8) is 0 Å². The van der Waals surface area contributed by atoms with Crippen LogP contribution in [0.5, 0.6) is 0 Å². The van der Waals surface area contributed by atoms with E-state index < -0.39 is 9.84 Å². The zero-order valence-electron chi connectivity index (χ0n) is 20.3. The Hall–Kier alpha value is -2.51. The highest BCUT2D eigenvalue weighted by atomic mass is 32.2. The molecule has 192 valence electrons. The first kappa shape index (κ1) is 25.6. The van der Waals surface area contributed by atoms with E-state index >= 15 is 0 Å². The first-order valence-electron chi connectivity index (χ1n) is 11.8. The molecule has 0 radical (unpaired) electrons. The monoisotopic (exact) mass is 524 g/mol. The van der Waals surface area contributed by atoms with Crippen LogP contribution in [0, 0.1) is 13.8 Å². The van der Waals surface area contributed by atoms with Gasteiger partial charge in [0.2, 0.25) is 5.91 Å². The van der Waals surface area contributed by atoms with Crippen molar-refractivity contribution in [2.75, 3.05) is 61.1 Å². The van der Waals surface area contributed by atoms with Crippen LogP contribution in [-0.2, 0) is 30.6 Å². The molecule has 0 aromatic carbocycles. The summed E-state index contributed by atoms with van der Waals surface area (Å²) in [4.78, 5) is 32.8. The quantitative estimate of drug-likeness (QED) is 0.507.